The maximum absolute atomic E-state index is 12.3. The zero-order valence-corrected chi connectivity index (χ0v) is 8.89. The first-order chi connectivity index (χ1) is 7.34. The van der Waals surface area contributed by atoms with Gasteiger partial charge in [-0.3, -0.25) is 4.79 Å². The number of nitrogens with zero attached hydrogens (tertiary/aromatic N) is 1. The fraction of sp³-hybridized carbons (Fsp3) is 0.917. The van der Waals surface area contributed by atoms with Crippen LogP contribution in [0, 0.1) is 11.8 Å². The highest BCUT2D eigenvalue weighted by molar-refractivity contribution is 5.83. The normalized spacial score (nSPS) is 48.5. The Bertz CT molecular complexity index is 313. The largest absolute Gasteiger partial charge is 0.374 e. The number of hydrogen-bond donors (Lipinski definition) is 0. The molecule has 4 unspecified atom stereocenters. The first-order valence-electron chi connectivity index (χ1n) is 6.30. The maximum atomic E-state index is 12.3. The van der Waals surface area contributed by atoms with Gasteiger partial charge in [-0.25, -0.2) is 0 Å². The zero-order chi connectivity index (χ0) is 9.99. The average Bonchev–Trinajstić information content (AvgIpc) is 2.77. The number of hydrogen-bond acceptors (Lipinski definition) is 2. The zero-order valence-electron chi connectivity index (χ0n) is 8.89. The molecule has 0 aromatic rings. The van der Waals surface area contributed by atoms with Crippen LogP contribution in [-0.2, 0) is 9.53 Å². The smallest absolute Gasteiger partial charge is 0.229 e. The van der Waals surface area contributed by atoms with Crippen molar-refractivity contribution in [3.8, 4) is 0 Å². The summed E-state index contributed by atoms with van der Waals surface area (Å²) in [6, 6.07) is 0.586. The Kier molecular flexibility index (Phi) is 1.58. The molecule has 0 aromatic heterocycles. The number of carbonyl (C=O) groups is 1. The number of rotatable bonds is 1. The van der Waals surface area contributed by atoms with Crippen molar-refractivity contribution in [1.29, 1.82) is 0 Å². The van der Waals surface area contributed by atoms with Gasteiger partial charge in [0.1, 0.15) is 0 Å². The highest BCUT2D eigenvalue weighted by Crippen LogP contribution is 2.49. The van der Waals surface area contributed by atoms with E-state index in [0.717, 1.165) is 13.0 Å². The van der Waals surface area contributed by atoms with E-state index in [2.05, 4.69) is 4.90 Å². The topological polar surface area (TPSA) is 29.5 Å². The summed E-state index contributed by atoms with van der Waals surface area (Å²) >= 11 is 0. The highest BCUT2D eigenvalue weighted by atomic mass is 16.5. The first kappa shape index (κ1) is 8.57. The van der Waals surface area contributed by atoms with Crippen molar-refractivity contribution in [1.82, 2.24) is 4.90 Å². The Morgan fingerprint density at radius 1 is 1.13 bits per heavy atom. The summed E-state index contributed by atoms with van der Waals surface area (Å²) in [4.78, 5) is 14.4. The van der Waals surface area contributed by atoms with E-state index in [1.165, 1.54) is 25.7 Å². The predicted octanol–water partition coefficient (Wildman–Crippen LogP) is 1.17. The second kappa shape index (κ2) is 2.76. The lowest BCUT2D eigenvalue weighted by atomic mass is 9.81. The van der Waals surface area contributed by atoms with Crippen LogP contribution < -0.4 is 0 Å². The van der Waals surface area contributed by atoms with Crippen molar-refractivity contribution in [3.63, 3.8) is 0 Å². The lowest BCUT2D eigenvalue weighted by Gasteiger charge is -2.35. The molecule has 82 valence electrons. The average molecular weight is 207 g/mol. The Morgan fingerprint density at radius 2 is 1.93 bits per heavy atom. The molecule has 4 rings (SSSR count). The van der Waals surface area contributed by atoms with E-state index in [4.69, 9.17) is 4.74 Å². The van der Waals surface area contributed by atoms with Crippen LogP contribution in [0.25, 0.3) is 0 Å². The van der Waals surface area contributed by atoms with Crippen molar-refractivity contribution in [2.24, 2.45) is 11.8 Å². The fourth-order valence-electron chi connectivity index (χ4n) is 3.88. The van der Waals surface area contributed by atoms with Gasteiger partial charge in [0, 0.05) is 18.5 Å². The molecule has 3 heterocycles. The molecule has 0 spiro atoms. The van der Waals surface area contributed by atoms with Crippen LogP contribution in [0.3, 0.4) is 0 Å². The molecule has 4 aliphatic rings. The molecule has 3 saturated heterocycles. The van der Waals surface area contributed by atoms with Crippen molar-refractivity contribution in [2.75, 3.05) is 6.54 Å². The molecule has 4 fully saturated rings. The molecule has 0 N–H and O–H groups in total. The molecule has 1 aliphatic carbocycles. The van der Waals surface area contributed by atoms with Crippen LogP contribution in [0.5, 0.6) is 0 Å². The molecule has 15 heavy (non-hydrogen) atoms. The monoisotopic (exact) mass is 207 g/mol. The third-order valence-corrected chi connectivity index (χ3v) is 4.92. The lowest BCUT2D eigenvalue weighted by molar-refractivity contribution is -0.136. The quantitative estimate of drug-likeness (QED) is 0.646. The molecule has 1 saturated carbocycles. The summed E-state index contributed by atoms with van der Waals surface area (Å²) in [5, 5.41) is 0. The van der Waals surface area contributed by atoms with E-state index >= 15 is 0 Å². The first-order valence-corrected chi connectivity index (χ1v) is 6.30. The third kappa shape index (κ3) is 0.975. The predicted molar refractivity (Wildman–Crippen MR) is 54.2 cm³/mol. The summed E-state index contributed by atoms with van der Waals surface area (Å²) in [7, 11) is 0. The minimum Gasteiger partial charge on any atom is -0.374 e. The molecular weight excluding hydrogens is 190 g/mol. The van der Waals surface area contributed by atoms with Crippen molar-refractivity contribution in [2.45, 2.75) is 50.4 Å². The van der Waals surface area contributed by atoms with Crippen molar-refractivity contribution in [3.05, 3.63) is 0 Å². The number of likely N-dealkylation sites (tertiary alicyclic amines) is 1. The van der Waals surface area contributed by atoms with Crippen molar-refractivity contribution >= 4 is 5.91 Å². The molecule has 0 aromatic carbocycles. The van der Waals surface area contributed by atoms with Crippen LogP contribution in [0.2, 0.25) is 0 Å². The van der Waals surface area contributed by atoms with Gasteiger partial charge in [-0.05, 0) is 32.1 Å². The summed E-state index contributed by atoms with van der Waals surface area (Å²) in [5.74, 6) is 1.19. The van der Waals surface area contributed by atoms with Gasteiger partial charge >= 0.3 is 0 Å². The Balaban J connectivity index is 1.60. The standard InChI is InChI=1S/C12H17NO2/c14-12-11-8(9-4-5-10(11)15-9)6-13(12)7-2-1-3-7/h7-11H,1-6H2. The summed E-state index contributed by atoms with van der Waals surface area (Å²) in [5.41, 5.74) is 0. The molecule has 3 aliphatic heterocycles. The molecule has 1 amide bonds. The molecule has 4 atom stereocenters. The Hall–Kier alpha value is -0.570. The molecule has 0 radical (unpaired) electrons. The van der Waals surface area contributed by atoms with Crippen molar-refractivity contribution < 1.29 is 9.53 Å². The second-order valence-corrected chi connectivity index (χ2v) is 5.56. The summed E-state index contributed by atoms with van der Waals surface area (Å²) < 4.78 is 5.84. The van der Waals surface area contributed by atoms with E-state index in [9.17, 15) is 4.79 Å². The number of amides is 1. The van der Waals surface area contributed by atoms with Crippen LogP contribution in [0.15, 0.2) is 0 Å². The van der Waals surface area contributed by atoms with Gasteiger partial charge in [0.05, 0.1) is 18.1 Å². The van der Waals surface area contributed by atoms with Gasteiger partial charge in [-0.1, -0.05) is 0 Å². The van der Waals surface area contributed by atoms with Gasteiger partial charge in [0.15, 0.2) is 0 Å². The van der Waals surface area contributed by atoms with Crippen LogP contribution in [0.4, 0.5) is 0 Å². The van der Waals surface area contributed by atoms with Gasteiger partial charge in [-0.15, -0.1) is 0 Å². The lowest BCUT2D eigenvalue weighted by Crippen LogP contribution is -2.43. The molecule has 3 nitrogen and oxygen atoms in total. The van der Waals surface area contributed by atoms with Gasteiger partial charge in [-0.2, -0.15) is 0 Å². The molecule has 3 heteroatoms. The SMILES string of the molecule is O=C1C2C3CCC(O3)C2CN1C1CCC1. The summed E-state index contributed by atoms with van der Waals surface area (Å²) in [6.45, 7) is 0.995. The third-order valence-electron chi connectivity index (χ3n) is 4.92. The fourth-order valence-corrected chi connectivity index (χ4v) is 3.88. The number of ether oxygens (including phenoxy) is 1. The minimum atomic E-state index is 0.240. The molecular formula is C12H17NO2. The van der Waals surface area contributed by atoms with E-state index in [1.807, 2.05) is 0 Å². The Morgan fingerprint density at radius 3 is 2.60 bits per heavy atom. The van der Waals surface area contributed by atoms with Crippen LogP contribution >= 0.6 is 0 Å². The summed E-state index contributed by atoms with van der Waals surface area (Å²) in [6.07, 6.45) is 6.79. The minimum absolute atomic E-state index is 0.240. The molecule has 2 bridgehead atoms. The van der Waals surface area contributed by atoms with E-state index in [1.54, 1.807) is 0 Å². The number of fused-ring (bicyclic) bond motifs is 5. The highest BCUT2D eigenvalue weighted by Gasteiger charge is 2.58. The van der Waals surface area contributed by atoms with Gasteiger partial charge < -0.3 is 9.64 Å². The maximum Gasteiger partial charge on any atom is 0.229 e. The van der Waals surface area contributed by atoms with Gasteiger partial charge in [0.2, 0.25) is 5.91 Å². The van der Waals surface area contributed by atoms with E-state index in [-0.39, 0.29) is 12.0 Å². The van der Waals surface area contributed by atoms with Crippen LogP contribution in [0.1, 0.15) is 32.1 Å². The van der Waals surface area contributed by atoms with Crippen LogP contribution in [-0.4, -0.2) is 35.6 Å². The number of carbonyl (C=O) groups excluding carboxylic acids is 1. The second-order valence-electron chi connectivity index (χ2n) is 5.56. The van der Waals surface area contributed by atoms with E-state index < -0.39 is 0 Å². The van der Waals surface area contributed by atoms with Gasteiger partial charge in [0.25, 0.3) is 0 Å². The Labute approximate surface area is 89.8 Å². The van der Waals surface area contributed by atoms with E-state index in [0.29, 0.717) is 24.0 Å².